The summed E-state index contributed by atoms with van der Waals surface area (Å²) < 4.78 is 6.03. The number of rotatable bonds is 5. The van der Waals surface area contributed by atoms with Gasteiger partial charge in [0.2, 0.25) is 5.95 Å². The highest BCUT2D eigenvalue weighted by molar-refractivity contribution is 5.29. The molecular weight excluding hydrogens is 364 g/mol. The Labute approximate surface area is 177 Å². The molecule has 1 atom stereocenters. The van der Waals surface area contributed by atoms with E-state index in [-0.39, 0.29) is 6.10 Å². The number of anilines is 1. The summed E-state index contributed by atoms with van der Waals surface area (Å²) in [6.45, 7) is 16.1. The van der Waals surface area contributed by atoms with Crippen molar-refractivity contribution in [3.8, 4) is 0 Å². The van der Waals surface area contributed by atoms with E-state index in [2.05, 4.69) is 36.6 Å². The SMILES string of the molecule is CC.CN1CCC(CN2CCN(CC3CN(c4ncccn4)CCO3)CC2)CC1. The zero-order valence-corrected chi connectivity index (χ0v) is 18.7. The highest BCUT2D eigenvalue weighted by Gasteiger charge is 2.27. The van der Waals surface area contributed by atoms with Gasteiger partial charge in [0.05, 0.1) is 12.7 Å². The third-order valence-electron chi connectivity index (χ3n) is 6.26. The molecule has 1 aromatic heterocycles. The Kier molecular flexibility index (Phi) is 9.11. The Hall–Kier alpha value is -1.28. The second-order valence-corrected chi connectivity index (χ2v) is 8.34. The summed E-state index contributed by atoms with van der Waals surface area (Å²) in [5.41, 5.74) is 0. The number of nitrogens with zero attached hydrogens (tertiary/aromatic N) is 6. The second kappa shape index (κ2) is 11.8. The maximum atomic E-state index is 6.03. The molecule has 3 saturated heterocycles. The van der Waals surface area contributed by atoms with Gasteiger partial charge in [-0.05, 0) is 45.0 Å². The van der Waals surface area contributed by atoms with Crippen molar-refractivity contribution in [2.75, 3.05) is 84.0 Å². The van der Waals surface area contributed by atoms with Crippen molar-refractivity contribution in [2.24, 2.45) is 5.92 Å². The van der Waals surface area contributed by atoms with Crippen molar-refractivity contribution in [1.82, 2.24) is 24.7 Å². The van der Waals surface area contributed by atoms with Crippen LogP contribution in [0.2, 0.25) is 0 Å². The Morgan fingerprint density at radius 2 is 1.52 bits per heavy atom. The van der Waals surface area contributed by atoms with Gasteiger partial charge in [0, 0.05) is 64.8 Å². The summed E-state index contributed by atoms with van der Waals surface area (Å²) in [4.78, 5) is 18.7. The van der Waals surface area contributed by atoms with Crippen LogP contribution in [-0.2, 0) is 4.74 Å². The third kappa shape index (κ3) is 6.88. The van der Waals surface area contributed by atoms with E-state index in [9.17, 15) is 0 Å². The molecular formula is C22H40N6O. The maximum absolute atomic E-state index is 6.03. The van der Waals surface area contributed by atoms with Crippen LogP contribution >= 0.6 is 0 Å². The Morgan fingerprint density at radius 3 is 2.17 bits per heavy atom. The molecule has 29 heavy (non-hydrogen) atoms. The number of hydrogen-bond donors (Lipinski definition) is 0. The van der Waals surface area contributed by atoms with Crippen LogP contribution in [-0.4, -0.2) is 110 Å². The zero-order chi connectivity index (χ0) is 20.5. The lowest BCUT2D eigenvalue weighted by molar-refractivity contribution is 0.00244. The van der Waals surface area contributed by atoms with Crippen molar-refractivity contribution >= 4 is 5.95 Å². The molecule has 0 spiro atoms. The number of aromatic nitrogens is 2. The molecule has 0 N–H and O–H groups in total. The predicted octanol–water partition coefficient (Wildman–Crippen LogP) is 1.67. The maximum Gasteiger partial charge on any atom is 0.225 e. The van der Waals surface area contributed by atoms with Gasteiger partial charge in [0.15, 0.2) is 0 Å². The van der Waals surface area contributed by atoms with Gasteiger partial charge in [-0.2, -0.15) is 0 Å². The van der Waals surface area contributed by atoms with Crippen LogP contribution in [0.1, 0.15) is 26.7 Å². The number of hydrogen-bond acceptors (Lipinski definition) is 7. The average Bonchev–Trinajstić information content (AvgIpc) is 2.79. The van der Waals surface area contributed by atoms with Crippen LogP contribution in [0, 0.1) is 5.92 Å². The van der Waals surface area contributed by atoms with E-state index >= 15 is 0 Å². The minimum Gasteiger partial charge on any atom is -0.373 e. The highest BCUT2D eigenvalue weighted by Crippen LogP contribution is 2.19. The number of ether oxygens (including phenoxy) is 1. The largest absolute Gasteiger partial charge is 0.373 e. The summed E-state index contributed by atoms with van der Waals surface area (Å²) in [6, 6.07) is 1.87. The standard InChI is InChI=1S/C20H34N6O.C2H6/c1-23-7-3-18(4-8-23)15-24-9-11-25(12-10-24)16-19-17-26(13-14-27-19)20-21-5-2-6-22-20;1-2/h2,5-6,18-19H,3-4,7-17H2,1H3;1-2H3. The van der Waals surface area contributed by atoms with Crippen LogP contribution in [0.5, 0.6) is 0 Å². The molecule has 0 radical (unpaired) electrons. The van der Waals surface area contributed by atoms with Crippen molar-refractivity contribution in [3.05, 3.63) is 18.5 Å². The minimum atomic E-state index is 0.253. The van der Waals surface area contributed by atoms with E-state index < -0.39 is 0 Å². The van der Waals surface area contributed by atoms with E-state index in [1.807, 2.05) is 32.3 Å². The zero-order valence-electron chi connectivity index (χ0n) is 18.7. The molecule has 3 fully saturated rings. The molecule has 0 aromatic carbocycles. The van der Waals surface area contributed by atoms with Crippen LogP contribution in [0.4, 0.5) is 5.95 Å². The first-order valence-corrected chi connectivity index (χ1v) is 11.5. The normalized spacial score (nSPS) is 25.5. The van der Waals surface area contributed by atoms with E-state index in [1.165, 1.54) is 45.6 Å². The van der Waals surface area contributed by atoms with Gasteiger partial charge in [0.1, 0.15) is 0 Å². The van der Waals surface area contributed by atoms with Crippen LogP contribution in [0.3, 0.4) is 0 Å². The Balaban J connectivity index is 0.00000117. The molecule has 0 saturated carbocycles. The molecule has 7 heteroatoms. The van der Waals surface area contributed by atoms with Crippen molar-refractivity contribution in [2.45, 2.75) is 32.8 Å². The molecule has 0 amide bonds. The van der Waals surface area contributed by atoms with Gasteiger partial charge in [-0.25, -0.2) is 9.97 Å². The van der Waals surface area contributed by atoms with E-state index in [1.54, 1.807) is 0 Å². The first kappa shape index (κ1) is 22.4. The van der Waals surface area contributed by atoms with Crippen LogP contribution < -0.4 is 4.90 Å². The smallest absolute Gasteiger partial charge is 0.225 e. The quantitative estimate of drug-likeness (QED) is 0.740. The Morgan fingerprint density at radius 1 is 0.897 bits per heavy atom. The lowest BCUT2D eigenvalue weighted by Crippen LogP contribution is -2.53. The lowest BCUT2D eigenvalue weighted by atomic mass is 9.96. The third-order valence-corrected chi connectivity index (χ3v) is 6.26. The summed E-state index contributed by atoms with van der Waals surface area (Å²) in [5.74, 6) is 1.72. The fraction of sp³-hybridized carbons (Fsp3) is 0.818. The first-order chi connectivity index (χ1) is 14.3. The number of likely N-dealkylation sites (tertiary alicyclic amines) is 1. The summed E-state index contributed by atoms with van der Waals surface area (Å²) in [6.07, 6.45) is 6.61. The number of piperidine rings is 1. The van der Waals surface area contributed by atoms with Crippen LogP contribution in [0.25, 0.3) is 0 Å². The fourth-order valence-electron chi connectivity index (χ4n) is 4.52. The summed E-state index contributed by atoms with van der Waals surface area (Å²) in [7, 11) is 2.24. The summed E-state index contributed by atoms with van der Waals surface area (Å²) >= 11 is 0. The van der Waals surface area contributed by atoms with E-state index in [0.29, 0.717) is 0 Å². The lowest BCUT2D eigenvalue weighted by Gasteiger charge is -2.40. The van der Waals surface area contributed by atoms with Gasteiger partial charge < -0.3 is 19.4 Å². The first-order valence-electron chi connectivity index (χ1n) is 11.5. The number of morpholine rings is 1. The van der Waals surface area contributed by atoms with E-state index in [0.717, 1.165) is 51.2 Å². The molecule has 3 aliphatic rings. The van der Waals surface area contributed by atoms with Crippen molar-refractivity contribution < 1.29 is 4.74 Å². The molecule has 1 aromatic rings. The summed E-state index contributed by atoms with van der Waals surface area (Å²) in [5, 5.41) is 0. The van der Waals surface area contributed by atoms with Gasteiger partial charge in [-0.1, -0.05) is 13.8 Å². The van der Waals surface area contributed by atoms with Crippen molar-refractivity contribution in [1.29, 1.82) is 0 Å². The Bertz CT molecular complexity index is 558. The van der Waals surface area contributed by atoms with Gasteiger partial charge in [0.25, 0.3) is 0 Å². The highest BCUT2D eigenvalue weighted by atomic mass is 16.5. The number of piperazine rings is 1. The topological polar surface area (TPSA) is 48.0 Å². The predicted molar refractivity (Wildman–Crippen MR) is 118 cm³/mol. The molecule has 0 aliphatic carbocycles. The molecule has 0 bridgehead atoms. The average molecular weight is 405 g/mol. The van der Waals surface area contributed by atoms with Gasteiger partial charge in [-0.3, -0.25) is 4.90 Å². The molecule has 4 rings (SSSR count). The molecule has 4 heterocycles. The monoisotopic (exact) mass is 404 g/mol. The molecule has 164 valence electrons. The van der Waals surface area contributed by atoms with Crippen molar-refractivity contribution in [3.63, 3.8) is 0 Å². The van der Waals surface area contributed by atoms with E-state index in [4.69, 9.17) is 4.74 Å². The second-order valence-electron chi connectivity index (χ2n) is 8.34. The molecule has 1 unspecified atom stereocenters. The van der Waals surface area contributed by atoms with Gasteiger partial charge in [-0.15, -0.1) is 0 Å². The minimum absolute atomic E-state index is 0.253. The molecule has 3 aliphatic heterocycles. The fourth-order valence-corrected chi connectivity index (χ4v) is 4.52. The van der Waals surface area contributed by atoms with Gasteiger partial charge >= 0.3 is 0 Å². The van der Waals surface area contributed by atoms with Crippen LogP contribution in [0.15, 0.2) is 18.5 Å². The molecule has 7 nitrogen and oxygen atoms in total.